The van der Waals surface area contributed by atoms with E-state index in [1.54, 1.807) is 34.9 Å². The average molecular weight is 925 g/mol. The van der Waals surface area contributed by atoms with E-state index in [2.05, 4.69) is 24.9 Å². The molecule has 2 aliphatic carbocycles. The van der Waals surface area contributed by atoms with Gasteiger partial charge < -0.3 is 24.1 Å². The largest absolute Gasteiger partial charge is 0.744 e. The Morgan fingerprint density at radius 2 is 1.61 bits per heavy atom. The van der Waals surface area contributed by atoms with Crippen LogP contribution >= 0.6 is 11.6 Å². The third-order valence-corrected chi connectivity index (χ3v) is 11.6. The van der Waals surface area contributed by atoms with Crippen LogP contribution in [-0.2, 0) is 36.9 Å². The zero-order chi connectivity index (χ0) is 42.3. The van der Waals surface area contributed by atoms with Crippen molar-refractivity contribution >= 4 is 134 Å². The molecule has 0 unspecified atom stereocenters. The molecule has 1 aromatic heterocycles. The summed E-state index contributed by atoms with van der Waals surface area (Å²) >= 11 is 5.95. The van der Waals surface area contributed by atoms with Crippen LogP contribution < -0.4 is 25.0 Å². The Labute approximate surface area is 398 Å². The molecule has 4 aromatic rings. The van der Waals surface area contributed by atoms with Crippen molar-refractivity contribution in [2.75, 3.05) is 23.9 Å². The van der Waals surface area contributed by atoms with E-state index >= 15 is 0 Å². The molecule has 4 N–H and O–H groups in total. The van der Waals surface area contributed by atoms with Gasteiger partial charge in [-0.3, -0.25) is 13.7 Å². The summed E-state index contributed by atoms with van der Waals surface area (Å²) in [7, 11) is -12.5. The van der Waals surface area contributed by atoms with Gasteiger partial charge in [0.25, 0.3) is 10.1 Å². The summed E-state index contributed by atoms with van der Waals surface area (Å²) in [5, 5.41) is 2.90. The SMILES string of the molecule is CCN(Cc1cccc(S(=O)(=O)O)c1)c1ccc2nc3ccc(=[N+]=C4C=CC(Nc5nc(Cl)nc(OC)n5)=CC4=S(=O)(O)O)cc-3n(-c3ccc(S(=O)(=O)[O-])cc3)c2c1.[Na].[Na]. The van der Waals surface area contributed by atoms with Crippen LogP contribution in [0.4, 0.5) is 11.6 Å². The quantitative estimate of drug-likeness (QED) is 0.0506. The molecule has 24 heteroatoms. The van der Waals surface area contributed by atoms with Crippen molar-refractivity contribution < 1.29 is 44.0 Å². The van der Waals surface area contributed by atoms with Gasteiger partial charge in [-0.15, -0.1) is 0 Å². The summed E-state index contributed by atoms with van der Waals surface area (Å²) in [6.07, 6.45) is 4.08. The molecule has 0 bridgehead atoms. The first-order valence-electron chi connectivity index (χ1n) is 17.1. The molecule has 0 spiro atoms. The first-order valence-corrected chi connectivity index (χ1v) is 21.8. The van der Waals surface area contributed by atoms with Gasteiger partial charge >= 0.3 is 17.1 Å². The molecular formula is C37H31ClN8Na2O10S3. The second kappa shape index (κ2) is 19.2. The van der Waals surface area contributed by atoms with Gasteiger partial charge in [0, 0.05) is 101 Å². The molecule has 2 heterocycles. The molecule has 306 valence electrons. The number of nitrogens with one attached hydrogen (secondary N) is 1. The van der Waals surface area contributed by atoms with Crippen molar-refractivity contribution in [3.05, 3.63) is 125 Å². The monoisotopic (exact) mass is 924 g/mol. The molecule has 0 fully saturated rings. The third-order valence-electron chi connectivity index (χ3n) is 8.86. The van der Waals surface area contributed by atoms with Gasteiger partial charge in [0.1, 0.15) is 10.1 Å². The van der Waals surface area contributed by atoms with E-state index in [9.17, 15) is 39.3 Å². The number of nitrogens with zero attached hydrogens (tertiary/aromatic N) is 7. The van der Waals surface area contributed by atoms with Crippen molar-refractivity contribution in [1.29, 1.82) is 0 Å². The van der Waals surface area contributed by atoms with Crippen LogP contribution in [0.5, 0.6) is 6.01 Å². The van der Waals surface area contributed by atoms with Gasteiger partial charge in [-0.05, 0) is 96.9 Å². The van der Waals surface area contributed by atoms with Gasteiger partial charge in [-0.2, -0.15) is 23.4 Å². The van der Waals surface area contributed by atoms with E-state index < -0.39 is 40.1 Å². The Hall–Kier alpha value is -4.00. The maximum Gasteiger partial charge on any atom is 0.347 e. The van der Waals surface area contributed by atoms with E-state index in [0.717, 1.165) is 0 Å². The second-order valence-corrected chi connectivity index (χ2v) is 17.3. The number of rotatable bonds is 10. The van der Waals surface area contributed by atoms with E-state index in [4.69, 9.17) is 21.3 Å². The van der Waals surface area contributed by atoms with Gasteiger partial charge in [-0.1, -0.05) is 16.8 Å². The molecule has 0 saturated heterocycles. The maximum absolute atomic E-state index is 12.8. The molecule has 7 rings (SSSR count). The topological polar surface area (TPSA) is 264 Å². The normalized spacial score (nSPS) is 12.9. The van der Waals surface area contributed by atoms with E-state index in [1.807, 2.05) is 24.0 Å². The van der Waals surface area contributed by atoms with Crippen molar-refractivity contribution in [3.63, 3.8) is 0 Å². The van der Waals surface area contributed by atoms with Gasteiger partial charge in [0.15, 0.2) is 4.86 Å². The number of benzene rings is 4. The number of aromatic nitrogens is 5. The van der Waals surface area contributed by atoms with Crippen LogP contribution in [-0.4, -0.2) is 147 Å². The van der Waals surface area contributed by atoms with Crippen molar-refractivity contribution in [1.82, 2.24) is 29.2 Å². The van der Waals surface area contributed by atoms with Crippen molar-refractivity contribution in [2.45, 2.75) is 23.3 Å². The van der Waals surface area contributed by atoms with E-state index in [1.165, 1.54) is 67.8 Å². The number of hydrogen-bond acceptors (Lipinski definition) is 13. The Morgan fingerprint density at radius 3 is 2.26 bits per heavy atom. The third kappa shape index (κ3) is 11.2. The molecule has 0 amide bonds. The molecule has 2 radical (unpaired) electrons. The number of ether oxygens (including phenoxy) is 1. The van der Waals surface area contributed by atoms with Gasteiger partial charge in [-0.25, -0.2) is 17.6 Å². The number of methoxy groups -OCH3 is 1. The predicted octanol–water partition coefficient (Wildman–Crippen LogP) is 2.77. The van der Waals surface area contributed by atoms with Crippen molar-refractivity contribution in [2.24, 2.45) is 0 Å². The second-order valence-electron chi connectivity index (χ2n) is 12.7. The van der Waals surface area contributed by atoms with Crippen LogP contribution in [0.3, 0.4) is 0 Å². The summed E-state index contributed by atoms with van der Waals surface area (Å²) in [4.78, 5) is 17.5. The average Bonchev–Trinajstić information content (AvgIpc) is 3.18. The Morgan fingerprint density at radius 1 is 0.869 bits per heavy atom. The van der Waals surface area contributed by atoms with Crippen LogP contribution in [0, 0.1) is 0 Å². The predicted molar refractivity (Wildman–Crippen MR) is 231 cm³/mol. The molecule has 0 saturated carbocycles. The fourth-order valence-electron chi connectivity index (χ4n) is 6.19. The first kappa shape index (κ1) is 48.0. The minimum Gasteiger partial charge on any atom is -0.744 e. The zero-order valence-electron chi connectivity index (χ0n) is 32.7. The van der Waals surface area contributed by atoms with E-state index in [0.29, 0.717) is 45.9 Å². The molecule has 3 aromatic carbocycles. The molecule has 0 atom stereocenters. The number of fused-ring (bicyclic) bond motifs is 2. The summed E-state index contributed by atoms with van der Waals surface area (Å²) in [5.74, 6) is -0.0453. The molecule has 18 nitrogen and oxygen atoms in total. The summed E-state index contributed by atoms with van der Waals surface area (Å²) < 4.78 is 114. The minimum absolute atomic E-state index is 0. The Bertz CT molecular complexity index is 3180. The number of halogens is 1. The Kier molecular flexibility index (Phi) is 15.1. The summed E-state index contributed by atoms with van der Waals surface area (Å²) in [6, 6.07) is 21.5. The van der Waals surface area contributed by atoms with Crippen LogP contribution in [0.2, 0.25) is 5.28 Å². The molecule has 1 aliphatic heterocycles. The smallest absolute Gasteiger partial charge is 0.347 e. The fraction of sp³-hybridized carbons (Fsp3) is 0.108. The number of allylic oxidation sites excluding steroid dienone is 3. The zero-order valence-corrected chi connectivity index (χ0v) is 39.9. The summed E-state index contributed by atoms with van der Waals surface area (Å²) in [6.45, 7) is 2.65. The molecule has 3 aliphatic rings. The standard InChI is InChI=1S/C37H31ClN8O10S3.2Na/c1-3-45(21-22-5-4-6-28(17-22)58(50,51)52)26-11-16-30-33(20-26)46(25-9-12-27(13-10-25)57(47,48)49)32-18-23(7-14-29(32)41-30)39-31-15-8-24(19-34(31)59(53,54)55)40-36-42-35(38)43-37(44-36)56-2;;/h4-20H,3,21H2,1-2H3,(H4,40,41,42,43,44,47,48,49,50,51,52,53,54,55);;. The number of hydrogen-bond donors (Lipinski definition) is 4. The number of anilines is 2. The van der Waals surface area contributed by atoms with Crippen molar-refractivity contribution in [3.8, 4) is 23.1 Å². The van der Waals surface area contributed by atoms with Crippen LogP contribution in [0.25, 0.3) is 28.1 Å². The fourth-order valence-corrected chi connectivity index (χ4v) is 8.03. The molecular weight excluding hydrogens is 894 g/mol. The Balaban J connectivity index is 0.00000352. The van der Waals surface area contributed by atoms with Crippen LogP contribution in [0.1, 0.15) is 12.5 Å². The first-order chi connectivity index (χ1) is 27.9. The van der Waals surface area contributed by atoms with Crippen LogP contribution in [0.15, 0.2) is 119 Å². The van der Waals surface area contributed by atoms with E-state index in [-0.39, 0.29) is 105 Å². The molecule has 61 heavy (non-hydrogen) atoms. The summed E-state index contributed by atoms with van der Waals surface area (Å²) in [5.41, 5.74) is 3.86. The van der Waals surface area contributed by atoms with Gasteiger partial charge in [0.05, 0.1) is 45.4 Å². The minimum atomic E-state index is -4.77. The maximum atomic E-state index is 12.8. The van der Waals surface area contributed by atoms with Gasteiger partial charge in [0.2, 0.25) is 21.3 Å².